The van der Waals surface area contributed by atoms with E-state index in [4.69, 9.17) is 4.74 Å². The van der Waals surface area contributed by atoms with Gasteiger partial charge in [0.1, 0.15) is 6.10 Å². The van der Waals surface area contributed by atoms with Gasteiger partial charge in [-0.25, -0.2) is 0 Å². The van der Waals surface area contributed by atoms with Gasteiger partial charge in [-0.15, -0.1) is 0 Å². The van der Waals surface area contributed by atoms with Crippen LogP contribution >= 0.6 is 0 Å². The molecule has 0 bridgehead atoms. The minimum atomic E-state index is -0.711. The predicted molar refractivity (Wildman–Crippen MR) is 77.5 cm³/mol. The lowest BCUT2D eigenvalue weighted by molar-refractivity contribution is -0.146. The van der Waals surface area contributed by atoms with E-state index in [0.717, 1.165) is 38.5 Å². The molecular formula is C17H28O3. The van der Waals surface area contributed by atoms with Crippen LogP contribution in [0.5, 0.6) is 0 Å². The number of aliphatic hydroxyl groups is 1. The van der Waals surface area contributed by atoms with Gasteiger partial charge in [-0.1, -0.05) is 32.1 Å². The number of carbonyl (C=O) groups is 1. The summed E-state index contributed by atoms with van der Waals surface area (Å²) in [5, 5.41) is 10.4. The van der Waals surface area contributed by atoms with Crippen molar-refractivity contribution in [2.24, 2.45) is 11.8 Å². The number of rotatable bonds is 3. The third-order valence-corrected chi connectivity index (χ3v) is 5.80. The first-order chi connectivity index (χ1) is 9.70. The molecule has 1 saturated heterocycles. The molecule has 1 aliphatic heterocycles. The maximum Gasteiger partial charge on any atom is 0.164 e. The predicted octanol–water partition coefficient (Wildman–Crippen LogP) is 3.24. The molecule has 1 N–H and O–H groups in total. The lowest BCUT2D eigenvalue weighted by atomic mass is 9.76. The Bertz CT molecular complexity index is 340. The van der Waals surface area contributed by atoms with Gasteiger partial charge in [0.25, 0.3) is 0 Å². The molecule has 0 aromatic carbocycles. The highest BCUT2D eigenvalue weighted by Crippen LogP contribution is 2.43. The van der Waals surface area contributed by atoms with Crippen molar-refractivity contribution < 1.29 is 14.6 Å². The zero-order valence-electron chi connectivity index (χ0n) is 12.5. The first-order valence-corrected chi connectivity index (χ1v) is 8.56. The van der Waals surface area contributed by atoms with E-state index in [1.165, 1.54) is 32.1 Å². The zero-order chi connectivity index (χ0) is 14.0. The molecule has 3 aliphatic rings. The second-order valence-corrected chi connectivity index (χ2v) is 7.17. The number of carbonyl (C=O) groups excluding carboxylic acids is 1. The van der Waals surface area contributed by atoms with E-state index in [9.17, 15) is 9.90 Å². The number of hydrogen-bond donors (Lipinski definition) is 1. The van der Waals surface area contributed by atoms with Crippen molar-refractivity contribution in [1.29, 1.82) is 0 Å². The summed E-state index contributed by atoms with van der Waals surface area (Å²) in [4.78, 5) is 12.6. The van der Waals surface area contributed by atoms with Gasteiger partial charge in [-0.2, -0.15) is 0 Å². The fourth-order valence-electron chi connectivity index (χ4n) is 4.56. The highest BCUT2D eigenvalue weighted by molar-refractivity contribution is 5.85. The standard InChI is InChI=1S/C17H28O3/c18-15(13-6-2-1-3-7-13)16(19)14-8-11-20-17(12-14)9-4-5-10-17/h13-15,18H,1-12H2. The molecule has 2 aliphatic carbocycles. The maximum absolute atomic E-state index is 12.6. The molecule has 0 aromatic heterocycles. The largest absolute Gasteiger partial charge is 0.385 e. The molecule has 0 aromatic rings. The molecule has 3 rings (SSSR count). The molecule has 3 fully saturated rings. The topological polar surface area (TPSA) is 46.5 Å². The number of aliphatic hydroxyl groups excluding tert-OH is 1. The van der Waals surface area contributed by atoms with Crippen molar-refractivity contribution in [2.75, 3.05) is 6.61 Å². The van der Waals surface area contributed by atoms with E-state index >= 15 is 0 Å². The summed E-state index contributed by atoms with van der Waals surface area (Å²) in [5.41, 5.74) is -0.0230. The van der Waals surface area contributed by atoms with E-state index in [1.807, 2.05) is 0 Å². The van der Waals surface area contributed by atoms with E-state index in [2.05, 4.69) is 0 Å². The maximum atomic E-state index is 12.6. The average molecular weight is 280 g/mol. The third kappa shape index (κ3) is 2.94. The van der Waals surface area contributed by atoms with Gasteiger partial charge >= 0.3 is 0 Å². The normalized spacial score (nSPS) is 32.4. The Morgan fingerprint density at radius 3 is 2.45 bits per heavy atom. The van der Waals surface area contributed by atoms with Crippen LogP contribution in [-0.4, -0.2) is 29.2 Å². The molecule has 2 saturated carbocycles. The number of ether oxygens (including phenoxy) is 1. The Hall–Kier alpha value is -0.410. The molecule has 114 valence electrons. The first kappa shape index (κ1) is 14.5. The van der Waals surface area contributed by atoms with Gasteiger partial charge in [0, 0.05) is 12.5 Å². The quantitative estimate of drug-likeness (QED) is 0.863. The van der Waals surface area contributed by atoms with Crippen LogP contribution in [0.3, 0.4) is 0 Å². The summed E-state index contributed by atoms with van der Waals surface area (Å²) in [6.07, 6.45) is 11.3. The second kappa shape index (κ2) is 6.15. The minimum absolute atomic E-state index is 0.0230. The molecule has 0 radical (unpaired) electrons. The van der Waals surface area contributed by atoms with E-state index in [-0.39, 0.29) is 23.2 Å². The van der Waals surface area contributed by atoms with Crippen LogP contribution in [0, 0.1) is 11.8 Å². The van der Waals surface area contributed by atoms with Crippen LogP contribution in [0.25, 0.3) is 0 Å². The fraction of sp³-hybridized carbons (Fsp3) is 0.941. The van der Waals surface area contributed by atoms with Crippen LogP contribution in [0.4, 0.5) is 0 Å². The van der Waals surface area contributed by atoms with Crippen molar-refractivity contribution in [3.05, 3.63) is 0 Å². The van der Waals surface area contributed by atoms with Crippen LogP contribution < -0.4 is 0 Å². The van der Waals surface area contributed by atoms with E-state index < -0.39 is 6.10 Å². The monoisotopic (exact) mass is 280 g/mol. The molecule has 2 unspecified atom stereocenters. The average Bonchev–Trinajstić information content (AvgIpc) is 2.94. The lowest BCUT2D eigenvalue weighted by Gasteiger charge is -2.39. The van der Waals surface area contributed by atoms with Crippen molar-refractivity contribution >= 4 is 5.78 Å². The molecule has 3 nitrogen and oxygen atoms in total. The Morgan fingerprint density at radius 1 is 1.05 bits per heavy atom. The molecule has 3 heteroatoms. The zero-order valence-corrected chi connectivity index (χ0v) is 12.5. The number of ketones is 1. The van der Waals surface area contributed by atoms with Gasteiger partial charge in [0.15, 0.2) is 5.78 Å². The van der Waals surface area contributed by atoms with E-state index in [1.54, 1.807) is 0 Å². The van der Waals surface area contributed by atoms with Crippen molar-refractivity contribution in [1.82, 2.24) is 0 Å². The van der Waals surface area contributed by atoms with Crippen LogP contribution in [0.2, 0.25) is 0 Å². The van der Waals surface area contributed by atoms with Gasteiger partial charge in [-0.05, 0) is 44.4 Å². The van der Waals surface area contributed by atoms with Crippen molar-refractivity contribution in [3.8, 4) is 0 Å². The molecule has 1 heterocycles. The number of Topliss-reactive ketones (excluding diaryl/α,β-unsaturated/α-hetero) is 1. The summed E-state index contributed by atoms with van der Waals surface area (Å²) < 4.78 is 6.00. The Morgan fingerprint density at radius 2 is 1.75 bits per heavy atom. The third-order valence-electron chi connectivity index (χ3n) is 5.80. The molecule has 0 amide bonds. The van der Waals surface area contributed by atoms with E-state index in [0.29, 0.717) is 6.61 Å². The molecular weight excluding hydrogens is 252 g/mol. The second-order valence-electron chi connectivity index (χ2n) is 7.17. The smallest absolute Gasteiger partial charge is 0.164 e. The Kier molecular flexibility index (Phi) is 4.46. The summed E-state index contributed by atoms with van der Waals surface area (Å²) in [7, 11) is 0. The Labute approximate surface area is 122 Å². The highest BCUT2D eigenvalue weighted by atomic mass is 16.5. The summed E-state index contributed by atoms with van der Waals surface area (Å²) in [6, 6.07) is 0. The first-order valence-electron chi connectivity index (χ1n) is 8.56. The summed E-state index contributed by atoms with van der Waals surface area (Å²) in [5.74, 6) is 0.379. The van der Waals surface area contributed by atoms with Crippen LogP contribution in [0.1, 0.15) is 70.6 Å². The molecule has 20 heavy (non-hydrogen) atoms. The highest BCUT2D eigenvalue weighted by Gasteiger charge is 2.43. The fourth-order valence-corrected chi connectivity index (χ4v) is 4.56. The van der Waals surface area contributed by atoms with Gasteiger partial charge in [0.2, 0.25) is 0 Å². The van der Waals surface area contributed by atoms with Gasteiger partial charge in [-0.3, -0.25) is 4.79 Å². The SMILES string of the molecule is O=C(C1CCOC2(CCCC2)C1)C(O)C1CCCCC1. The minimum Gasteiger partial charge on any atom is -0.385 e. The molecule has 1 spiro atoms. The van der Waals surface area contributed by atoms with Crippen LogP contribution in [-0.2, 0) is 9.53 Å². The summed E-state index contributed by atoms with van der Waals surface area (Å²) >= 11 is 0. The lowest BCUT2D eigenvalue weighted by Crippen LogP contribution is -2.44. The van der Waals surface area contributed by atoms with Gasteiger partial charge in [0.05, 0.1) is 5.60 Å². The number of hydrogen-bond acceptors (Lipinski definition) is 3. The van der Waals surface area contributed by atoms with Gasteiger partial charge < -0.3 is 9.84 Å². The van der Waals surface area contributed by atoms with Crippen molar-refractivity contribution in [3.63, 3.8) is 0 Å². The van der Waals surface area contributed by atoms with Crippen LogP contribution in [0.15, 0.2) is 0 Å². The summed E-state index contributed by atoms with van der Waals surface area (Å²) in [6.45, 7) is 0.702. The van der Waals surface area contributed by atoms with Crippen molar-refractivity contribution in [2.45, 2.75) is 82.3 Å². The molecule has 2 atom stereocenters. The Balaban J connectivity index is 1.60.